The molecular weight excluding hydrogens is 212 g/mol. The van der Waals surface area contributed by atoms with Gasteiger partial charge in [-0.15, -0.1) is 0 Å². The summed E-state index contributed by atoms with van der Waals surface area (Å²) in [6, 6.07) is 0. The molecule has 0 aliphatic carbocycles. The van der Waals surface area contributed by atoms with Gasteiger partial charge in [0, 0.05) is 13.1 Å². The zero-order chi connectivity index (χ0) is 13.7. The fraction of sp³-hybridized carbons (Fsp3) is 0.846. The third-order valence-electron chi connectivity index (χ3n) is 1.88. The molecule has 0 unspecified atom stereocenters. The highest BCUT2D eigenvalue weighted by Crippen LogP contribution is 2.13. The third kappa shape index (κ3) is 11.2. The standard InChI is InChI=1S/C13H28N4/c1-12(2,3)8-16-10(14)7-11(15)17-9-13(4,5)6/h7-9H2,1-6H3,(H2,14,16)(H2,15,17). The zero-order valence-corrected chi connectivity index (χ0v) is 12.2. The van der Waals surface area contributed by atoms with Crippen LogP contribution in [0.15, 0.2) is 9.98 Å². The monoisotopic (exact) mass is 240 g/mol. The van der Waals surface area contributed by atoms with E-state index in [1.165, 1.54) is 0 Å². The van der Waals surface area contributed by atoms with Gasteiger partial charge in [-0.2, -0.15) is 0 Å². The molecule has 0 saturated heterocycles. The van der Waals surface area contributed by atoms with Crippen LogP contribution >= 0.6 is 0 Å². The molecule has 0 aliphatic rings. The van der Waals surface area contributed by atoms with E-state index in [0.717, 1.165) is 0 Å². The number of amidine groups is 2. The summed E-state index contributed by atoms with van der Waals surface area (Å²) in [5.41, 5.74) is 11.9. The van der Waals surface area contributed by atoms with Crippen molar-refractivity contribution < 1.29 is 0 Å². The lowest BCUT2D eigenvalue weighted by Gasteiger charge is -2.16. The van der Waals surface area contributed by atoms with Crippen LogP contribution in [0, 0.1) is 10.8 Å². The second-order valence-electron chi connectivity index (χ2n) is 6.91. The van der Waals surface area contributed by atoms with E-state index < -0.39 is 0 Å². The molecule has 100 valence electrons. The first-order chi connectivity index (χ1) is 7.49. The Bertz CT molecular complexity index is 260. The van der Waals surface area contributed by atoms with Crippen molar-refractivity contribution in [1.82, 2.24) is 0 Å². The third-order valence-corrected chi connectivity index (χ3v) is 1.88. The summed E-state index contributed by atoms with van der Waals surface area (Å²) in [4.78, 5) is 8.63. The minimum Gasteiger partial charge on any atom is -0.387 e. The molecule has 0 spiro atoms. The molecule has 0 radical (unpaired) electrons. The van der Waals surface area contributed by atoms with Crippen LogP contribution in [0.3, 0.4) is 0 Å². The van der Waals surface area contributed by atoms with Crippen LogP contribution in [0.1, 0.15) is 48.0 Å². The van der Waals surface area contributed by atoms with Gasteiger partial charge >= 0.3 is 0 Å². The van der Waals surface area contributed by atoms with Crippen LogP contribution in [-0.2, 0) is 0 Å². The van der Waals surface area contributed by atoms with Crippen LogP contribution in [0.5, 0.6) is 0 Å². The lowest BCUT2D eigenvalue weighted by atomic mass is 9.97. The normalized spacial score (nSPS) is 15.2. The Balaban J connectivity index is 4.25. The number of hydrogen-bond donors (Lipinski definition) is 2. The van der Waals surface area contributed by atoms with E-state index in [1.807, 2.05) is 0 Å². The summed E-state index contributed by atoms with van der Waals surface area (Å²) in [5, 5.41) is 0. The average Bonchev–Trinajstić information content (AvgIpc) is 2.09. The largest absolute Gasteiger partial charge is 0.387 e. The molecule has 0 aromatic rings. The molecular formula is C13H28N4. The summed E-state index contributed by atoms with van der Waals surface area (Å²) in [7, 11) is 0. The van der Waals surface area contributed by atoms with Crippen LogP contribution in [-0.4, -0.2) is 24.8 Å². The maximum Gasteiger partial charge on any atom is 0.101 e. The molecule has 0 aliphatic heterocycles. The summed E-state index contributed by atoms with van der Waals surface area (Å²) in [6.45, 7) is 14.2. The van der Waals surface area contributed by atoms with Crippen molar-refractivity contribution in [2.24, 2.45) is 32.3 Å². The molecule has 0 rings (SSSR count). The first-order valence-corrected chi connectivity index (χ1v) is 6.07. The number of rotatable bonds is 4. The van der Waals surface area contributed by atoms with Gasteiger partial charge in [-0.3, -0.25) is 9.98 Å². The van der Waals surface area contributed by atoms with Crippen LogP contribution in [0.2, 0.25) is 0 Å². The number of aliphatic imine (C=N–C) groups is 2. The Morgan fingerprint density at radius 2 is 1.06 bits per heavy atom. The molecule has 4 N–H and O–H groups in total. The highest BCUT2D eigenvalue weighted by atomic mass is 14.9. The van der Waals surface area contributed by atoms with E-state index in [1.54, 1.807) is 0 Å². The molecule has 0 aromatic carbocycles. The molecule has 0 atom stereocenters. The first-order valence-electron chi connectivity index (χ1n) is 6.07. The summed E-state index contributed by atoms with van der Waals surface area (Å²) in [5.74, 6) is 1.13. The summed E-state index contributed by atoms with van der Waals surface area (Å²) < 4.78 is 0. The minimum atomic E-state index is 0.155. The van der Waals surface area contributed by atoms with Gasteiger partial charge in [0.1, 0.15) is 11.7 Å². The van der Waals surface area contributed by atoms with E-state index in [4.69, 9.17) is 11.5 Å². The number of nitrogens with two attached hydrogens (primary N) is 2. The Kier molecular flexibility index (Phi) is 5.66. The van der Waals surface area contributed by atoms with Crippen molar-refractivity contribution in [1.29, 1.82) is 0 Å². The fourth-order valence-electron chi connectivity index (χ4n) is 0.975. The minimum absolute atomic E-state index is 0.155. The second kappa shape index (κ2) is 6.03. The molecule has 0 heterocycles. The maximum atomic E-state index is 5.81. The van der Waals surface area contributed by atoms with Gasteiger partial charge in [-0.25, -0.2) is 0 Å². The van der Waals surface area contributed by atoms with Gasteiger partial charge in [0.15, 0.2) is 0 Å². The first kappa shape index (κ1) is 15.9. The van der Waals surface area contributed by atoms with Crippen molar-refractivity contribution in [3.8, 4) is 0 Å². The second-order valence-corrected chi connectivity index (χ2v) is 6.91. The summed E-state index contributed by atoms with van der Waals surface area (Å²) >= 11 is 0. The van der Waals surface area contributed by atoms with Gasteiger partial charge in [-0.05, 0) is 10.8 Å². The van der Waals surface area contributed by atoms with Gasteiger partial charge in [0.05, 0.1) is 6.42 Å². The van der Waals surface area contributed by atoms with Crippen molar-refractivity contribution in [2.75, 3.05) is 13.1 Å². The van der Waals surface area contributed by atoms with E-state index in [2.05, 4.69) is 51.5 Å². The molecule has 0 bridgehead atoms. The van der Waals surface area contributed by atoms with E-state index >= 15 is 0 Å². The molecule has 0 amide bonds. The lowest BCUT2D eigenvalue weighted by molar-refractivity contribution is 0.428. The average molecular weight is 240 g/mol. The Morgan fingerprint density at radius 1 is 0.765 bits per heavy atom. The number of nitrogens with zero attached hydrogens (tertiary/aromatic N) is 2. The zero-order valence-electron chi connectivity index (χ0n) is 12.2. The smallest absolute Gasteiger partial charge is 0.101 e. The number of hydrogen-bond acceptors (Lipinski definition) is 2. The summed E-state index contributed by atoms with van der Waals surface area (Å²) in [6.07, 6.45) is 0.464. The van der Waals surface area contributed by atoms with Gasteiger partial charge in [-0.1, -0.05) is 41.5 Å². The van der Waals surface area contributed by atoms with Crippen molar-refractivity contribution in [3.63, 3.8) is 0 Å². The van der Waals surface area contributed by atoms with Crippen LogP contribution < -0.4 is 11.5 Å². The van der Waals surface area contributed by atoms with Crippen LogP contribution in [0.25, 0.3) is 0 Å². The molecule has 0 fully saturated rings. The molecule has 0 saturated carbocycles. The van der Waals surface area contributed by atoms with Gasteiger partial charge < -0.3 is 11.5 Å². The lowest BCUT2D eigenvalue weighted by Crippen LogP contribution is -2.25. The van der Waals surface area contributed by atoms with E-state index in [-0.39, 0.29) is 10.8 Å². The van der Waals surface area contributed by atoms with Gasteiger partial charge in [0.2, 0.25) is 0 Å². The van der Waals surface area contributed by atoms with Crippen LogP contribution in [0.4, 0.5) is 0 Å². The van der Waals surface area contributed by atoms with Crippen molar-refractivity contribution in [3.05, 3.63) is 0 Å². The van der Waals surface area contributed by atoms with E-state index in [9.17, 15) is 0 Å². The Morgan fingerprint density at radius 3 is 1.29 bits per heavy atom. The quantitative estimate of drug-likeness (QED) is 0.583. The maximum absolute atomic E-state index is 5.81. The molecule has 4 heteroatoms. The van der Waals surface area contributed by atoms with E-state index in [0.29, 0.717) is 31.2 Å². The van der Waals surface area contributed by atoms with Crippen molar-refractivity contribution in [2.45, 2.75) is 48.0 Å². The molecule has 0 aromatic heterocycles. The van der Waals surface area contributed by atoms with Gasteiger partial charge in [0.25, 0.3) is 0 Å². The highest BCUT2D eigenvalue weighted by Gasteiger charge is 2.10. The fourth-order valence-corrected chi connectivity index (χ4v) is 0.975. The highest BCUT2D eigenvalue weighted by molar-refractivity contribution is 6.00. The SMILES string of the molecule is CC(C)(C)CN=C(N)CC(N)=NCC(C)(C)C. The molecule has 4 nitrogen and oxygen atoms in total. The Labute approximate surface area is 106 Å². The Hall–Kier alpha value is -1.06. The topological polar surface area (TPSA) is 76.8 Å². The molecule has 17 heavy (non-hydrogen) atoms. The van der Waals surface area contributed by atoms with Crippen molar-refractivity contribution >= 4 is 11.7 Å². The predicted molar refractivity (Wildman–Crippen MR) is 76.5 cm³/mol. The predicted octanol–water partition coefficient (Wildman–Crippen LogP) is 2.18.